The van der Waals surface area contributed by atoms with Gasteiger partial charge in [-0.15, -0.1) is 0 Å². The minimum atomic E-state index is -0.250. The smallest absolute Gasteiger partial charge is 0.259 e. The third-order valence-electron chi connectivity index (χ3n) is 7.35. The highest BCUT2D eigenvalue weighted by molar-refractivity contribution is 6.09. The first-order valence-corrected chi connectivity index (χ1v) is 12.5. The zero-order valence-corrected chi connectivity index (χ0v) is 20.4. The van der Waals surface area contributed by atoms with E-state index in [9.17, 15) is 9.59 Å². The van der Waals surface area contributed by atoms with E-state index in [0.29, 0.717) is 17.0 Å². The number of aromatic nitrogens is 5. The maximum Gasteiger partial charge on any atom is 0.259 e. The summed E-state index contributed by atoms with van der Waals surface area (Å²) in [6, 6.07) is 6.11. The van der Waals surface area contributed by atoms with Crippen LogP contribution in [0.5, 0.6) is 5.75 Å². The molecule has 2 saturated carbocycles. The monoisotopic (exact) mass is 487 g/mol. The van der Waals surface area contributed by atoms with Gasteiger partial charge in [0.15, 0.2) is 0 Å². The van der Waals surface area contributed by atoms with Crippen LogP contribution in [0.25, 0.3) is 16.4 Å². The summed E-state index contributed by atoms with van der Waals surface area (Å²) in [5.41, 5.74) is 2.67. The van der Waals surface area contributed by atoms with Crippen molar-refractivity contribution in [2.45, 2.75) is 63.6 Å². The fraction of sp³-hybridized carbons (Fsp3) is 0.423. The lowest BCUT2D eigenvalue weighted by Crippen LogP contribution is -2.38. The van der Waals surface area contributed by atoms with Crippen molar-refractivity contribution in [3.8, 4) is 5.75 Å². The normalized spacial score (nSPS) is 19.9. The summed E-state index contributed by atoms with van der Waals surface area (Å²) >= 11 is 0. The zero-order chi connectivity index (χ0) is 24.8. The average Bonchev–Trinajstić information content (AvgIpc) is 3.46. The van der Waals surface area contributed by atoms with Crippen LogP contribution < -0.4 is 10.1 Å². The number of hydrogen-bond donors (Lipinski definition) is 1. The Kier molecular flexibility index (Phi) is 5.58. The Bertz CT molecular complexity index is 1450. The molecule has 0 saturated heterocycles. The molecule has 0 radical (unpaired) electrons. The van der Waals surface area contributed by atoms with E-state index in [-0.39, 0.29) is 30.0 Å². The Balaban J connectivity index is 1.27. The van der Waals surface area contributed by atoms with Gasteiger partial charge in [-0.05, 0) is 50.7 Å². The van der Waals surface area contributed by atoms with Crippen molar-refractivity contribution in [2.24, 2.45) is 0 Å². The van der Waals surface area contributed by atoms with Gasteiger partial charge < -0.3 is 15.0 Å². The molecular formula is C26H29N7O3. The van der Waals surface area contributed by atoms with Crippen molar-refractivity contribution in [3.05, 3.63) is 48.7 Å². The van der Waals surface area contributed by atoms with Crippen LogP contribution >= 0.6 is 0 Å². The number of fused-ring (bicyclic) bond motifs is 2. The molecule has 0 aliphatic heterocycles. The summed E-state index contributed by atoms with van der Waals surface area (Å²) in [6.45, 7) is 1.62. The van der Waals surface area contributed by atoms with E-state index in [4.69, 9.17) is 9.84 Å². The number of rotatable bonds is 6. The molecule has 0 bridgehead atoms. The number of nitrogens with zero attached hydrogens (tertiary/aromatic N) is 6. The number of hydrogen-bond acceptors (Lipinski definition) is 6. The lowest BCUT2D eigenvalue weighted by Gasteiger charge is -2.34. The number of carbonyl (C=O) groups is 2. The summed E-state index contributed by atoms with van der Waals surface area (Å²) in [5.74, 6) is 0.413. The highest BCUT2D eigenvalue weighted by atomic mass is 16.5. The zero-order valence-electron chi connectivity index (χ0n) is 20.4. The molecule has 2 aliphatic rings. The maximum atomic E-state index is 13.4. The second kappa shape index (κ2) is 8.92. The van der Waals surface area contributed by atoms with E-state index in [0.717, 1.165) is 54.9 Å². The molecule has 10 nitrogen and oxygen atoms in total. The molecule has 2 fully saturated rings. The summed E-state index contributed by atoms with van der Waals surface area (Å²) < 4.78 is 9.77. The fourth-order valence-corrected chi connectivity index (χ4v) is 5.00. The standard InChI is InChI=1S/C26H29N7O3/c1-16(34)31(2)18-3-5-19(6-4-18)32-14-17-11-21(25(12-22(17)30-32)36-20-7-8-20)26(35)29-23-13-28-33-15-27-10-9-24(23)33/h9-15,18-20H,3-8H2,1-2H3,(H,29,35). The second-order valence-corrected chi connectivity index (χ2v) is 9.85. The molecule has 0 atom stereocenters. The van der Waals surface area contributed by atoms with Crippen molar-refractivity contribution < 1.29 is 14.3 Å². The fourth-order valence-electron chi connectivity index (χ4n) is 5.00. The summed E-state index contributed by atoms with van der Waals surface area (Å²) in [7, 11) is 1.88. The van der Waals surface area contributed by atoms with Gasteiger partial charge in [-0.2, -0.15) is 10.2 Å². The first-order valence-electron chi connectivity index (χ1n) is 12.5. The van der Waals surface area contributed by atoms with Crippen molar-refractivity contribution in [1.29, 1.82) is 0 Å². The molecule has 10 heteroatoms. The Labute approximate surface area is 208 Å². The van der Waals surface area contributed by atoms with Crippen molar-refractivity contribution >= 4 is 33.9 Å². The van der Waals surface area contributed by atoms with Gasteiger partial charge in [-0.3, -0.25) is 14.3 Å². The minimum absolute atomic E-state index is 0.109. The van der Waals surface area contributed by atoms with Gasteiger partial charge in [-0.1, -0.05) is 0 Å². The lowest BCUT2D eigenvalue weighted by atomic mass is 9.90. The minimum Gasteiger partial charge on any atom is -0.490 e. The number of ether oxygens (including phenoxy) is 1. The van der Waals surface area contributed by atoms with Crippen molar-refractivity contribution in [3.63, 3.8) is 0 Å². The predicted molar refractivity (Wildman–Crippen MR) is 134 cm³/mol. The van der Waals surface area contributed by atoms with Crippen molar-refractivity contribution in [2.75, 3.05) is 12.4 Å². The topological polar surface area (TPSA) is 107 Å². The molecular weight excluding hydrogens is 458 g/mol. The van der Waals surface area contributed by atoms with Crippen molar-refractivity contribution in [1.82, 2.24) is 29.3 Å². The summed E-state index contributed by atoms with van der Waals surface area (Å²) in [5, 5.41) is 13.0. The van der Waals surface area contributed by atoms with Crippen LogP contribution in [-0.2, 0) is 4.79 Å². The van der Waals surface area contributed by atoms with Gasteiger partial charge in [0.2, 0.25) is 5.91 Å². The Morgan fingerprint density at radius 2 is 1.94 bits per heavy atom. The molecule has 3 aromatic heterocycles. The van der Waals surface area contributed by atoms with E-state index in [1.807, 2.05) is 35.0 Å². The molecule has 2 aliphatic carbocycles. The van der Waals surface area contributed by atoms with Gasteiger partial charge in [0.05, 0.1) is 40.6 Å². The van der Waals surface area contributed by atoms with E-state index in [1.54, 1.807) is 36.2 Å². The van der Waals surface area contributed by atoms with Crippen LogP contribution in [0, 0.1) is 0 Å². The van der Waals surface area contributed by atoms with E-state index < -0.39 is 0 Å². The average molecular weight is 488 g/mol. The summed E-state index contributed by atoms with van der Waals surface area (Å²) in [4.78, 5) is 31.0. The van der Waals surface area contributed by atoms with Gasteiger partial charge in [-0.25, -0.2) is 9.50 Å². The van der Waals surface area contributed by atoms with E-state index in [2.05, 4.69) is 15.4 Å². The lowest BCUT2D eigenvalue weighted by molar-refractivity contribution is -0.130. The largest absolute Gasteiger partial charge is 0.490 e. The van der Waals surface area contributed by atoms with Crippen LogP contribution in [0.3, 0.4) is 0 Å². The first-order chi connectivity index (χ1) is 17.5. The van der Waals surface area contributed by atoms with E-state index >= 15 is 0 Å². The van der Waals surface area contributed by atoms with Gasteiger partial charge >= 0.3 is 0 Å². The molecule has 1 N–H and O–H groups in total. The first kappa shape index (κ1) is 22.5. The third kappa shape index (κ3) is 4.27. The second-order valence-electron chi connectivity index (χ2n) is 9.85. The SMILES string of the molecule is CC(=O)N(C)C1CCC(n2cc3cc(C(=O)Nc4cnn5cnccc45)c(OC4CC4)cc3n2)CC1. The molecule has 0 unspecified atom stereocenters. The molecule has 6 rings (SSSR count). The molecule has 0 spiro atoms. The molecule has 1 aromatic carbocycles. The number of amides is 2. The predicted octanol–water partition coefficient (Wildman–Crippen LogP) is 3.83. The van der Waals surface area contributed by atoms with Gasteiger partial charge in [0.1, 0.15) is 12.1 Å². The van der Waals surface area contributed by atoms with Crippen LogP contribution in [-0.4, -0.2) is 60.3 Å². The number of nitrogens with one attached hydrogen (secondary N) is 1. The number of carbonyl (C=O) groups excluding carboxylic acids is 2. The highest BCUT2D eigenvalue weighted by Crippen LogP contribution is 2.35. The van der Waals surface area contributed by atoms with Crippen LogP contribution in [0.4, 0.5) is 5.69 Å². The van der Waals surface area contributed by atoms with Crippen LogP contribution in [0.1, 0.15) is 61.8 Å². The number of anilines is 1. The molecule has 36 heavy (non-hydrogen) atoms. The van der Waals surface area contributed by atoms with E-state index in [1.165, 1.54) is 0 Å². The maximum absolute atomic E-state index is 13.4. The Morgan fingerprint density at radius 1 is 1.14 bits per heavy atom. The molecule has 2 amide bonds. The molecule has 3 heterocycles. The number of benzene rings is 1. The molecule has 4 aromatic rings. The van der Waals surface area contributed by atoms with Crippen LogP contribution in [0.15, 0.2) is 43.1 Å². The van der Waals surface area contributed by atoms with Gasteiger partial charge in [0, 0.05) is 43.9 Å². The molecule has 186 valence electrons. The highest BCUT2D eigenvalue weighted by Gasteiger charge is 2.29. The van der Waals surface area contributed by atoms with Gasteiger partial charge in [0.25, 0.3) is 5.91 Å². The quantitative estimate of drug-likeness (QED) is 0.443. The van der Waals surface area contributed by atoms with Crippen LogP contribution in [0.2, 0.25) is 0 Å². The third-order valence-corrected chi connectivity index (χ3v) is 7.35. The Morgan fingerprint density at radius 3 is 2.69 bits per heavy atom. The Hall–Kier alpha value is -3.95. The summed E-state index contributed by atoms with van der Waals surface area (Å²) in [6.07, 6.45) is 12.9.